The minimum Gasteiger partial charge on any atom is -0.465 e. The van der Waals surface area contributed by atoms with Crippen LogP contribution in [0.3, 0.4) is 0 Å². The number of allylic oxidation sites excluding steroid dienone is 1. The summed E-state index contributed by atoms with van der Waals surface area (Å²) in [5.41, 5.74) is 0. The van der Waals surface area contributed by atoms with Crippen LogP contribution in [-0.4, -0.2) is 54.3 Å². The molecule has 0 bridgehead atoms. The number of fused-ring (bicyclic) bond motifs is 3. The summed E-state index contributed by atoms with van der Waals surface area (Å²) >= 11 is 0. The highest BCUT2D eigenvalue weighted by atomic mass is 16.5. The van der Waals surface area contributed by atoms with Gasteiger partial charge in [0.15, 0.2) is 12.0 Å². The molecule has 7 nitrogen and oxygen atoms in total. The Hall–Kier alpha value is -2.18. The van der Waals surface area contributed by atoms with Crippen LogP contribution in [0.4, 0.5) is 0 Å². The van der Waals surface area contributed by atoms with Crippen LogP contribution in [0.1, 0.15) is 20.3 Å². The molecule has 1 aliphatic carbocycles. The molecule has 3 rings (SSSR count). The zero-order valence-corrected chi connectivity index (χ0v) is 12.6. The third-order valence-corrected chi connectivity index (χ3v) is 4.06. The summed E-state index contributed by atoms with van der Waals surface area (Å²) in [6, 6.07) is -0.651. The van der Waals surface area contributed by atoms with E-state index in [4.69, 9.17) is 9.47 Å². The Labute approximate surface area is 128 Å². The molecular formula is C15H19N3O4. The number of amidine groups is 1. The summed E-state index contributed by atoms with van der Waals surface area (Å²) in [5.74, 6) is -0.907. The van der Waals surface area contributed by atoms with E-state index in [1.165, 1.54) is 6.21 Å². The predicted octanol–water partition coefficient (Wildman–Crippen LogP) is 0.756. The second-order valence-corrected chi connectivity index (χ2v) is 5.34. The molecule has 2 aliphatic heterocycles. The minimum absolute atomic E-state index is 0.000829. The Kier molecular flexibility index (Phi) is 3.96. The Morgan fingerprint density at radius 3 is 2.73 bits per heavy atom. The molecule has 0 amide bonds. The average molecular weight is 305 g/mol. The van der Waals surface area contributed by atoms with Gasteiger partial charge in [-0.2, -0.15) is 5.10 Å². The minimum atomic E-state index is -0.646. The lowest BCUT2D eigenvalue weighted by atomic mass is 9.90. The van der Waals surface area contributed by atoms with E-state index < -0.39 is 17.9 Å². The van der Waals surface area contributed by atoms with Gasteiger partial charge in [0.2, 0.25) is 0 Å². The number of hydrazone groups is 1. The van der Waals surface area contributed by atoms with Crippen LogP contribution in [0.15, 0.2) is 22.2 Å². The molecule has 0 spiro atoms. The van der Waals surface area contributed by atoms with Crippen LogP contribution in [0.2, 0.25) is 0 Å². The van der Waals surface area contributed by atoms with E-state index in [2.05, 4.69) is 10.1 Å². The van der Waals surface area contributed by atoms with E-state index in [0.29, 0.717) is 19.0 Å². The lowest BCUT2D eigenvalue weighted by molar-refractivity contribution is -0.147. The van der Waals surface area contributed by atoms with E-state index in [-0.39, 0.29) is 17.9 Å². The van der Waals surface area contributed by atoms with Crippen LogP contribution in [0, 0.1) is 11.8 Å². The summed E-state index contributed by atoms with van der Waals surface area (Å²) in [7, 11) is 0. The molecule has 22 heavy (non-hydrogen) atoms. The number of hydrogen-bond acceptors (Lipinski definition) is 7. The summed E-state index contributed by atoms with van der Waals surface area (Å²) < 4.78 is 10.2. The largest absolute Gasteiger partial charge is 0.465 e. The van der Waals surface area contributed by atoms with Gasteiger partial charge < -0.3 is 9.47 Å². The van der Waals surface area contributed by atoms with Crippen LogP contribution in [0.5, 0.6) is 0 Å². The van der Waals surface area contributed by atoms with Gasteiger partial charge in [-0.15, -0.1) is 0 Å². The second-order valence-electron chi connectivity index (χ2n) is 5.34. The van der Waals surface area contributed by atoms with Crippen molar-refractivity contribution in [1.82, 2.24) is 5.01 Å². The van der Waals surface area contributed by atoms with Crippen molar-refractivity contribution in [2.45, 2.75) is 32.4 Å². The molecule has 4 atom stereocenters. The summed E-state index contributed by atoms with van der Waals surface area (Å²) in [5, 5.41) is 6.03. The smallest absolute Gasteiger partial charge is 0.331 e. The quantitative estimate of drug-likeness (QED) is 0.566. The Morgan fingerprint density at radius 1 is 1.27 bits per heavy atom. The summed E-state index contributed by atoms with van der Waals surface area (Å²) in [4.78, 5) is 28.7. The maximum Gasteiger partial charge on any atom is 0.331 e. The molecule has 7 heteroatoms. The number of nitrogens with zero attached hydrogens (tertiary/aromatic N) is 3. The average Bonchev–Trinajstić information content (AvgIpc) is 3.12. The van der Waals surface area contributed by atoms with Gasteiger partial charge in [0.1, 0.15) is 5.84 Å². The van der Waals surface area contributed by atoms with Gasteiger partial charge in [-0.25, -0.2) is 9.80 Å². The molecule has 0 saturated carbocycles. The molecule has 0 aromatic rings. The molecule has 0 aromatic heterocycles. The van der Waals surface area contributed by atoms with Gasteiger partial charge in [0, 0.05) is 12.1 Å². The molecular weight excluding hydrogens is 286 g/mol. The molecule has 0 radical (unpaired) electrons. The van der Waals surface area contributed by atoms with Crippen LogP contribution in [-0.2, 0) is 19.1 Å². The van der Waals surface area contributed by atoms with Crippen LogP contribution >= 0.6 is 0 Å². The van der Waals surface area contributed by atoms with E-state index >= 15 is 0 Å². The lowest BCUT2D eigenvalue weighted by Crippen LogP contribution is -2.50. The highest BCUT2D eigenvalue weighted by Crippen LogP contribution is 2.36. The number of rotatable bonds is 4. The normalized spacial score (nSPS) is 31.5. The summed E-state index contributed by atoms with van der Waals surface area (Å²) in [6.07, 6.45) is 6.32. The Morgan fingerprint density at radius 2 is 2.00 bits per heavy atom. The molecule has 2 heterocycles. The van der Waals surface area contributed by atoms with Gasteiger partial charge in [-0.05, 0) is 20.3 Å². The van der Waals surface area contributed by atoms with E-state index in [0.717, 1.165) is 6.42 Å². The number of carbonyl (C=O) groups is 2. The van der Waals surface area contributed by atoms with Crippen molar-refractivity contribution in [2.75, 3.05) is 13.2 Å². The fourth-order valence-electron chi connectivity index (χ4n) is 3.10. The first-order chi connectivity index (χ1) is 10.7. The van der Waals surface area contributed by atoms with Gasteiger partial charge >= 0.3 is 11.9 Å². The number of aliphatic imine (C=N–C) groups is 1. The van der Waals surface area contributed by atoms with Crippen molar-refractivity contribution >= 4 is 24.0 Å². The van der Waals surface area contributed by atoms with Gasteiger partial charge in [0.05, 0.1) is 19.3 Å². The first kappa shape index (κ1) is 14.7. The van der Waals surface area contributed by atoms with Crippen molar-refractivity contribution < 1.29 is 19.1 Å². The third-order valence-electron chi connectivity index (χ3n) is 4.06. The van der Waals surface area contributed by atoms with Crippen LogP contribution in [0.25, 0.3) is 0 Å². The van der Waals surface area contributed by atoms with E-state index in [1.54, 1.807) is 18.9 Å². The highest BCUT2D eigenvalue weighted by Gasteiger charge is 2.48. The van der Waals surface area contributed by atoms with Crippen molar-refractivity contribution in [3.05, 3.63) is 12.2 Å². The van der Waals surface area contributed by atoms with Gasteiger partial charge in [-0.3, -0.25) is 9.79 Å². The number of carbonyl (C=O) groups excluding carboxylic acids is 2. The maximum atomic E-state index is 12.2. The van der Waals surface area contributed by atoms with Gasteiger partial charge in [-0.1, -0.05) is 12.2 Å². The van der Waals surface area contributed by atoms with Crippen molar-refractivity contribution in [2.24, 2.45) is 21.9 Å². The molecule has 0 N–H and O–H groups in total. The molecule has 0 fully saturated rings. The van der Waals surface area contributed by atoms with Crippen molar-refractivity contribution in [3.8, 4) is 0 Å². The van der Waals surface area contributed by atoms with Crippen molar-refractivity contribution in [1.29, 1.82) is 0 Å². The fourth-order valence-corrected chi connectivity index (χ4v) is 3.10. The first-order valence-corrected chi connectivity index (χ1v) is 7.58. The predicted molar refractivity (Wildman–Crippen MR) is 79.3 cm³/mol. The molecule has 4 unspecified atom stereocenters. The topological polar surface area (TPSA) is 80.6 Å². The van der Waals surface area contributed by atoms with Crippen LogP contribution < -0.4 is 0 Å². The standard InChI is InChI=1S/C15H19N3O4/c1-3-21-14(19)10-8-16-18-11-7-5-6-9(11)12(17-13(10)18)15(20)22-4-2/h5,7-12H,3-4,6H2,1-2H3. The monoisotopic (exact) mass is 305 g/mol. The highest BCUT2D eigenvalue weighted by molar-refractivity contribution is 6.16. The summed E-state index contributed by atoms with van der Waals surface area (Å²) in [6.45, 7) is 4.13. The molecule has 118 valence electrons. The van der Waals surface area contributed by atoms with E-state index in [1.807, 2.05) is 12.2 Å². The zero-order chi connectivity index (χ0) is 15.7. The number of esters is 2. The SMILES string of the molecule is CCOC(=O)C1C=NN2C1=NC(C(=O)OCC)C1CC=CC12. The first-order valence-electron chi connectivity index (χ1n) is 7.58. The van der Waals surface area contributed by atoms with Gasteiger partial charge in [0.25, 0.3) is 0 Å². The molecule has 0 saturated heterocycles. The second kappa shape index (κ2) is 5.90. The third kappa shape index (κ3) is 2.30. The zero-order valence-electron chi connectivity index (χ0n) is 12.6. The van der Waals surface area contributed by atoms with E-state index in [9.17, 15) is 9.59 Å². The number of hydrogen-bond donors (Lipinski definition) is 0. The lowest BCUT2D eigenvalue weighted by Gasteiger charge is -2.36. The molecule has 3 aliphatic rings. The molecule has 0 aromatic carbocycles. The number of ether oxygens (including phenoxy) is 2. The Balaban J connectivity index is 1.91. The van der Waals surface area contributed by atoms with Crippen molar-refractivity contribution in [3.63, 3.8) is 0 Å². The maximum absolute atomic E-state index is 12.2. The Bertz CT molecular complexity index is 569. The fraction of sp³-hybridized carbons (Fsp3) is 0.600.